The third-order valence-electron chi connectivity index (χ3n) is 2.38. The summed E-state index contributed by atoms with van der Waals surface area (Å²) in [5, 5.41) is 3.40. The topological polar surface area (TPSA) is 15.3 Å². The molecule has 1 fully saturated rings. The Labute approximate surface area is 89.9 Å². The summed E-state index contributed by atoms with van der Waals surface area (Å²) >= 11 is 11.0. The van der Waals surface area contributed by atoms with Gasteiger partial charge in [-0.05, 0) is 39.1 Å². The molecule has 13 heavy (non-hydrogen) atoms. The lowest BCUT2D eigenvalue weighted by atomic mass is 10.1. The second-order valence-electron chi connectivity index (χ2n) is 3.48. The van der Waals surface area contributed by atoms with Gasteiger partial charge in [0.25, 0.3) is 0 Å². The maximum atomic E-state index is 5.50. The van der Waals surface area contributed by atoms with E-state index in [0.717, 1.165) is 6.54 Å². The molecular formula is C9H16Cl2N2. The van der Waals surface area contributed by atoms with Crippen LogP contribution in [0.4, 0.5) is 0 Å². The van der Waals surface area contributed by atoms with Crippen molar-refractivity contribution in [2.75, 3.05) is 26.7 Å². The van der Waals surface area contributed by atoms with Crippen molar-refractivity contribution in [1.29, 1.82) is 0 Å². The quantitative estimate of drug-likeness (QED) is 0.787. The molecule has 0 atom stereocenters. The van der Waals surface area contributed by atoms with Crippen LogP contribution in [0, 0.1) is 0 Å². The lowest BCUT2D eigenvalue weighted by molar-refractivity contribution is 0.238. The number of hydrogen-bond acceptors (Lipinski definition) is 2. The van der Waals surface area contributed by atoms with Crippen LogP contribution >= 0.6 is 23.2 Å². The summed E-state index contributed by atoms with van der Waals surface area (Å²) in [5.74, 6) is 0. The summed E-state index contributed by atoms with van der Waals surface area (Å²) in [6.07, 6.45) is 4.22. The van der Waals surface area contributed by atoms with Crippen LogP contribution in [0.5, 0.6) is 0 Å². The highest BCUT2D eigenvalue weighted by atomic mass is 35.5. The number of halogens is 2. The van der Waals surface area contributed by atoms with Crippen LogP contribution in [-0.4, -0.2) is 37.6 Å². The highest BCUT2D eigenvalue weighted by Gasteiger charge is 2.14. The molecule has 0 spiro atoms. The minimum absolute atomic E-state index is 0.348. The molecule has 76 valence electrons. The maximum absolute atomic E-state index is 5.50. The first-order valence-electron chi connectivity index (χ1n) is 4.61. The van der Waals surface area contributed by atoms with Gasteiger partial charge in [0, 0.05) is 12.6 Å². The molecule has 1 saturated heterocycles. The van der Waals surface area contributed by atoms with Crippen molar-refractivity contribution in [2.45, 2.75) is 18.9 Å². The van der Waals surface area contributed by atoms with E-state index in [1.807, 2.05) is 0 Å². The average molecular weight is 223 g/mol. The van der Waals surface area contributed by atoms with Crippen LogP contribution in [0.2, 0.25) is 0 Å². The highest BCUT2D eigenvalue weighted by Crippen LogP contribution is 2.09. The zero-order valence-corrected chi connectivity index (χ0v) is 9.41. The molecule has 0 aromatic carbocycles. The van der Waals surface area contributed by atoms with Gasteiger partial charge in [-0.2, -0.15) is 0 Å². The van der Waals surface area contributed by atoms with E-state index in [4.69, 9.17) is 23.2 Å². The van der Waals surface area contributed by atoms with Crippen LogP contribution < -0.4 is 5.32 Å². The summed E-state index contributed by atoms with van der Waals surface area (Å²) in [4.78, 5) is 2.35. The lowest BCUT2D eigenvalue weighted by Gasteiger charge is -2.29. The van der Waals surface area contributed by atoms with Crippen LogP contribution in [0.25, 0.3) is 0 Å². The predicted octanol–water partition coefficient (Wildman–Crippen LogP) is 1.99. The molecule has 0 aromatic heterocycles. The normalized spacial score (nSPS) is 20.2. The molecule has 0 radical (unpaired) electrons. The molecule has 1 rings (SSSR count). The van der Waals surface area contributed by atoms with Gasteiger partial charge >= 0.3 is 0 Å². The fraction of sp³-hybridized carbons (Fsp3) is 0.778. The Morgan fingerprint density at radius 2 is 2.08 bits per heavy atom. The van der Waals surface area contributed by atoms with Gasteiger partial charge in [0.1, 0.15) is 4.49 Å². The first kappa shape index (κ1) is 11.3. The summed E-state index contributed by atoms with van der Waals surface area (Å²) in [7, 11) is 2.16. The number of nitrogens with one attached hydrogen (secondary N) is 1. The van der Waals surface area contributed by atoms with E-state index < -0.39 is 0 Å². The van der Waals surface area contributed by atoms with Gasteiger partial charge in [0.15, 0.2) is 0 Å². The van der Waals surface area contributed by atoms with Gasteiger partial charge in [0.2, 0.25) is 0 Å². The highest BCUT2D eigenvalue weighted by molar-refractivity contribution is 6.55. The molecule has 0 amide bonds. The fourth-order valence-corrected chi connectivity index (χ4v) is 1.67. The van der Waals surface area contributed by atoms with Gasteiger partial charge in [0.05, 0.1) is 0 Å². The second kappa shape index (κ2) is 5.86. The van der Waals surface area contributed by atoms with E-state index in [2.05, 4.69) is 17.3 Å². The molecule has 0 bridgehead atoms. The molecule has 2 nitrogen and oxygen atoms in total. The van der Waals surface area contributed by atoms with E-state index in [9.17, 15) is 0 Å². The van der Waals surface area contributed by atoms with Crippen molar-refractivity contribution in [3.63, 3.8) is 0 Å². The average Bonchev–Trinajstić information content (AvgIpc) is 2.08. The van der Waals surface area contributed by atoms with E-state index in [1.165, 1.54) is 25.9 Å². The number of likely N-dealkylation sites (tertiary alicyclic amines) is 1. The van der Waals surface area contributed by atoms with Crippen LogP contribution in [0.15, 0.2) is 10.6 Å². The Bertz CT molecular complexity index is 170. The zero-order valence-electron chi connectivity index (χ0n) is 7.89. The van der Waals surface area contributed by atoms with Crippen molar-refractivity contribution in [1.82, 2.24) is 10.2 Å². The first-order chi connectivity index (χ1) is 6.18. The van der Waals surface area contributed by atoms with Gasteiger partial charge < -0.3 is 10.2 Å². The van der Waals surface area contributed by atoms with Gasteiger partial charge in [-0.1, -0.05) is 23.2 Å². The Morgan fingerprint density at radius 3 is 2.62 bits per heavy atom. The van der Waals surface area contributed by atoms with Gasteiger partial charge in [-0.25, -0.2) is 0 Å². The number of nitrogens with zero attached hydrogens (tertiary/aromatic N) is 1. The molecule has 4 heteroatoms. The summed E-state index contributed by atoms with van der Waals surface area (Å²) in [6.45, 7) is 3.13. The van der Waals surface area contributed by atoms with E-state index in [1.54, 1.807) is 6.08 Å². The standard InChI is InChI=1S/C9H16Cl2N2/c1-13-6-3-8(4-7-13)12-5-2-9(10)11/h2,8,12H,3-7H2,1H3. The minimum atomic E-state index is 0.348. The largest absolute Gasteiger partial charge is 0.310 e. The first-order valence-corrected chi connectivity index (χ1v) is 5.37. The zero-order chi connectivity index (χ0) is 9.68. The third kappa shape index (κ3) is 4.87. The van der Waals surface area contributed by atoms with Crippen LogP contribution in [0.3, 0.4) is 0 Å². The van der Waals surface area contributed by atoms with Crippen molar-refractivity contribution >= 4 is 23.2 Å². The predicted molar refractivity (Wildman–Crippen MR) is 58.3 cm³/mol. The maximum Gasteiger partial charge on any atom is 0.104 e. The molecule has 1 aliphatic heterocycles. The molecule has 1 heterocycles. The molecule has 0 unspecified atom stereocenters. The third-order valence-corrected chi connectivity index (χ3v) is 2.69. The Morgan fingerprint density at radius 1 is 1.46 bits per heavy atom. The van der Waals surface area contributed by atoms with Crippen molar-refractivity contribution < 1.29 is 0 Å². The van der Waals surface area contributed by atoms with E-state index >= 15 is 0 Å². The van der Waals surface area contributed by atoms with Crippen molar-refractivity contribution in [3.8, 4) is 0 Å². The Kier molecular flexibility index (Phi) is 5.10. The number of piperidine rings is 1. The molecule has 1 N–H and O–H groups in total. The minimum Gasteiger partial charge on any atom is -0.310 e. The van der Waals surface area contributed by atoms with Gasteiger partial charge in [-0.3, -0.25) is 0 Å². The Hall–Kier alpha value is 0.240. The summed E-state index contributed by atoms with van der Waals surface area (Å²) in [5.41, 5.74) is 0. The summed E-state index contributed by atoms with van der Waals surface area (Å²) < 4.78 is 0.348. The number of hydrogen-bond donors (Lipinski definition) is 1. The van der Waals surface area contributed by atoms with E-state index in [-0.39, 0.29) is 0 Å². The van der Waals surface area contributed by atoms with Crippen LogP contribution in [-0.2, 0) is 0 Å². The molecule has 1 aliphatic rings. The van der Waals surface area contributed by atoms with Gasteiger partial charge in [-0.15, -0.1) is 0 Å². The second-order valence-corrected chi connectivity index (χ2v) is 4.49. The Balaban J connectivity index is 2.12. The van der Waals surface area contributed by atoms with Crippen molar-refractivity contribution in [3.05, 3.63) is 10.6 Å². The molecule has 0 aromatic rings. The SMILES string of the molecule is CN1CCC(NCC=C(Cl)Cl)CC1. The monoisotopic (exact) mass is 222 g/mol. The molecular weight excluding hydrogens is 207 g/mol. The van der Waals surface area contributed by atoms with E-state index in [0.29, 0.717) is 10.5 Å². The molecule has 0 aliphatic carbocycles. The smallest absolute Gasteiger partial charge is 0.104 e. The van der Waals surface area contributed by atoms with Crippen LogP contribution in [0.1, 0.15) is 12.8 Å². The van der Waals surface area contributed by atoms with Crippen molar-refractivity contribution in [2.24, 2.45) is 0 Å². The lowest BCUT2D eigenvalue weighted by Crippen LogP contribution is -2.40. The number of rotatable bonds is 3. The fourth-order valence-electron chi connectivity index (χ4n) is 1.52. The molecule has 0 saturated carbocycles. The summed E-state index contributed by atoms with van der Waals surface area (Å²) in [6, 6.07) is 0.625.